The Morgan fingerprint density at radius 2 is 2.21 bits per heavy atom. The van der Waals surface area contributed by atoms with Crippen molar-refractivity contribution in [2.75, 3.05) is 13.1 Å². The maximum absolute atomic E-state index is 12.4. The van der Waals surface area contributed by atoms with Crippen molar-refractivity contribution in [2.45, 2.75) is 31.7 Å². The van der Waals surface area contributed by atoms with Gasteiger partial charge in [0.2, 0.25) is 10.0 Å². The zero-order valence-corrected chi connectivity index (χ0v) is 11.9. The Hall–Kier alpha value is -1.34. The largest absolute Gasteiger partial charge is 0.477 e. The van der Waals surface area contributed by atoms with Crippen LogP contribution in [0.5, 0.6) is 0 Å². The molecule has 0 radical (unpaired) electrons. The molecule has 1 unspecified atom stereocenters. The summed E-state index contributed by atoms with van der Waals surface area (Å²) >= 11 is 0. The third-order valence-electron chi connectivity index (χ3n) is 3.46. The maximum Gasteiger partial charge on any atom is 0.352 e. The number of sulfonamides is 1. The number of nitrogens with zero attached hydrogens (tertiary/aromatic N) is 2. The lowest BCUT2D eigenvalue weighted by Crippen LogP contribution is -2.28. The number of aromatic nitrogens is 1. The summed E-state index contributed by atoms with van der Waals surface area (Å²) in [6.45, 7) is 5.22. The van der Waals surface area contributed by atoms with E-state index in [2.05, 4.69) is 0 Å². The second kappa shape index (κ2) is 4.97. The lowest BCUT2D eigenvalue weighted by atomic mass is 10.2. The summed E-state index contributed by atoms with van der Waals surface area (Å²) in [6.07, 6.45) is 2.25. The van der Waals surface area contributed by atoms with Crippen molar-refractivity contribution in [3.8, 4) is 0 Å². The summed E-state index contributed by atoms with van der Waals surface area (Å²) in [4.78, 5) is 11.1. The summed E-state index contributed by atoms with van der Waals surface area (Å²) in [5.41, 5.74) is 0.00770. The lowest BCUT2D eigenvalue weighted by Gasteiger charge is -2.14. The van der Waals surface area contributed by atoms with Crippen LogP contribution in [0.3, 0.4) is 0 Å². The number of aryl methyl sites for hydroxylation is 1. The molecule has 1 fully saturated rings. The Balaban J connectivity index is 2.38. The predicted molar refractivity (Wildman–Crippen MR) is 69.6 cm³/mol. The number of carbonyl (C=O) groups is 1. The van der Waals surface area contributed by atoms with Crippen LogP contribution in [0, 0.1) is 5.92 Å². The highest BCUT2D eigenvalue weighted by molar-refractivity contribution is 7.89. The number of aromatic carboxylic acids is 1. The fourth-order valence-corrected chi connectivity index (χ4v) is 3.94. The minimum atomic E-state index is -3.57. The van der Waals surface area contributed by atoms with Gasteiger partial charge in [-0.2, -0.15) is 4.31 Å². The average molecular weight is 286 g/mol. The fraction of sp³-hybridized carbons (Fsp3) is 0.583. The van der Waals surface area contributed by atoms with E-state index in [0.29, 0.717) is 25.6 Å². The van der Waals surface area contributed by atoms with Crippen LogP contribution in [0.4, 0.5) is 0 Å². The van der Waals surface area contributed by atoms with Crippen LogP contribution in [0.1, 0.15) is 30.8 Å². The predicted octanol–water partition coefficient (Wildman–Crippen LogP) is 1.24. The molecule has 2 heterocycles. The van der Waals surface area contributed by atoms with E-state index in [1.54, 1.807) is 6.92 Å². The molecule has 0 aromatic carbocycles. The van der Waals surface area contributed by atoms with Crippen molar-refractivity contribution in [2.24, 2.45) is 5.92 Å². The minimum Gasteiger partial charge on any atom is -0.477 e. The maximum atomic E-state index is 12.4. The molecule has 0 spiro atoms. The molecule has 0 bridgehead atoms. The zero-order valence-electron chi connectivity index (χ0n) is 11.0. The number of carboxylic acids is 1. The molecule has 1 aliphatic heterocycles. The molecule has 106 valence electrons. The average Bonchev–Trinajstić information content (AvgIpc) is 2.94. The molecule has 2 rings (SSSR count). The first-order valence-corrected chi connectivity index (χ1v) is 7.74. The summed E-state index contributed by atoms with van der Waals surface area (Å²) in [6, 6.07) is 1.24. The Labute approximate surface area is 112 Å². The van der Waals surface area contributed by atoms with Crippen molar-refractivity contribution in [1.29, 1.82) is 0 Å². The van der Waals surface area contributed by atoms with E-state index < -0.39 is 16.0 Å². The van der Waals surface area contributed by atoms with Crippen LogP contribution in [0.25, 0.3) is 0 Å². The van der Waals surface area contributed by atoms with Gasteiger partial charge in [-0.1, -0.05) is 6.92 Å². The standard InChI is InChI=1S/C12H18N2O4S/c1-3-13-8-10(6-11(13)12(15)16)19(17,18)14-5-4-9(2)7-14/h6,8-9H,3-5,7H2,1-2H3,(H,15,16). The molecule has 0 amide bonds. The van der Waals surface area contributed by atoms with Gasteiger partial charge >= 0.3 is 5.97 Å². The van der Waals surface area contributed by atoms with Crippen molar-refractivity contribution in [1.82, 2.24) is 8.87 Å². The van der Waals surface area contributed by atoms with Gasteiger partial charge in [-0.05, 0) is 25.3 Å². The molecule has 1 aliphatic rings. The van der Waals surface area contributed by atoms with E-state index in [1.807, 2.05) is 6.92 Å². The van der Waals surface area contributed by atoms with Crippen LogP contribution in [-0.2, 0) is 16.6 Å². The Kier molecular flexibility index (Phi) is 3.69. The van der Waals surface area contributed by atoms with Crippen molar-refractivity contribution >= 4 is 16.0 Å². The first-order chi connectivity index (χ1) is 8.86. The van der Waals surface area contributed by atoms with Crippen LogP contribution in [0.15, 0.2) is 17.2 Å². The molecule has 0 aliphatic carbocycles. The molecule has 1 aromatic rings. The molecule has 1 aromatic heterocycles. The van der Waals surface area contributed by atoms with Gasteiger partial charge in [0.05, 0.1) is 0 Å². The molecule has 19 heavy (non-hydrogen) atoms. The van der Waals surface area contributed by atoms with Crippen molar-refractivity contribution < 1.29 is 18.3 Å². The van der Waals surface area contributed by atoms with E-state index in [-0.39, 0.29) is 10.6 Å². The van der Waals surface area contributed by atoms with Gasteiger partial charge in [0.1, 0.15) is 10.6 Å². The number of hydrogen-bond acceptors (Lipinski definition) is 3. The highest BCUT2D eigenvalue weighted by Gasteiger charge is 2.32. The van der Waals surface area contributed by atoms with Crippen LogP contribution in [-0.4, -0.2) is 41.5 Å². The van der Waals surface area contributed by atoms with Crippen LogP contribution in [0.2, 0.25) is 0 Å². The third kappa shape index (κ3) is 2.52. The van der Waals surface area contributed by atoms with Gasteiger partial charge in [-0.15, -0.1) is 0 Å². The lowest BCUT2D eigenvalue weighted by molar-refractivity contribution is 0.0685. The molecule has 7 heteroatoms. The second-order valence-corrected chi connectivity index (χ2v) is 6.85. The molecule has 1 atom stereocenters. The molecule has 6 nitrogen and oxygen atoms in total. The fourth-order valence-electron chi connectivity index (χ4n) is 2.33. The molecular formula is C12H18N2O4S. The number of rotatable bonds is 4. The van der Waals surface area contributed by atoms with Gasteiger partial charge in [0, 0.05) is 25.8 Å². The van der Waals surface area contributed by atoms with Crippen molar-refractivity contribution in [3.63, 3.8) is 0 Å². The smallest absolute Gasteiger partial charge is 0.352 e. The first kappa shape index (κ1) is 14.1. The quantitative estimate of drug-likeness (QED) is 0.903. The van der Waals surface area contributed by atoms with E-state index in [1.165, 1.54) is 21.1 Å². The van der Waals surface area contributed by atoms with Crippen LogP contribution < -0.4 is 0 Å². The molecule has 1 saturated heterocycles. The number of carboxylic acid groups (broad SMARTS) is 1. The van der Waals surface area contributed by atoms with Crippen molar-refractivity contribution in [3.05, 3.63) is 18.0 Å². The van der Waals surface area contributed by atoms with Gasteiger partial charge < -0.3 is 9.67 Å². The first-order valence-electron chi connectivity index (χ1n) is 6.30. The second-order valence-electron chi connectivity index (χ2n) is 4.91. The van der Waals surface area contributed by atoms with Gasteiger partial charge in [-0.25, -0.2) is 13.2 Å². The van der Waals surface area contributed by atoms with E-state index in [4.69, 9.17) is 5.11 Å². The van der Waals surface area contributed by atoms with E-state index in [0.717, 1.165) is 6.42 Å². The number of hydrogen-bond donors (Lipinski definition) is 1. The van der Waals surface area contributed by atoms with Gasteiger partial charge in [-0.3, -0.25) is 0 Å². The zero-order chi connectivity index (χ0) is 14.2. The summed E-state index contributed by atoms with van der Waals surface area (Å²) in [5.74, 6) is -0.764. The SMILES string of the molecule is CCn1cc(S(=O)(=O)N2CCC(C)C2)cc1C(=O)O. The monoisotopic (exact) mass is 286 g/mol. The van der Waals surface area contributed by atoms with Gasteiger partial charge in [0.15, 0.2) is 0 Å². The topological polar surface area (TPSA) is 79.6 Å². The molecule has 1 N–H and O–H groups in total. The normalized spacial score (nSPS) is 20.8. The molecular weight excluding hydrogens is 268 g/mol. The Bertz CT molecular complexity index is 591. The van der Waals surface area contributed by atoms with Crippen LogP contribution >= 0.6 is 0 Å². The summed E-state index contributed by atoms with van der Waals surface area (Å²) in [7, 11) is -3.57. The molecule has 0 saturated carbocycles. The highest BCUT2D eigenvalue weighted by atomic mass is 32.2. The highest BCUT2D eigenvalue weighted by Crippen LogP contribution is 2.25. The van der Waals surface area contributed by atoms with E-state index >= 15 is 0 Å². The third-order valence-corrected chi connectivity index (χ3v) is 5.29. The summed E-state index contributed by atoms with van der Waals surface area (Å²) < 4.78 is 27.7. The Morgan fingerprint density at radius 3 is 2.63 bits per heavy atom. The summed E-state index contributed by atoms with van der Waals surface area (Å²) in [5, 5.41) is 9.05. The minimum absolute atomic E-state index is 0.00770. The van der Waals surface area contributed by atoms with E-state index in [9.17, 15) is 13.2 Å². The van der Waals surface area contributed by atoms with Gasteiger partial charge in [0.25, 0.3) is 0 Å². The Morgan fingerprint density at radius 1 is 1.53 bits per heavy atom.